The summed E-state index contributed by atoms with van der Waals surface area (Å²) in [4.78, 5) is 0. The van der Waals surface area contributed by atoms with Gasteiger partial charge in [0.25, 0.3) is 0 Å². The summed E-state index contributed by atoms with van der Waals surface area (Å²) in [6.45, 7) is 0. The topological polar surface area (TPSA) is 33.0 Å². The molecule has 0 spiro atoms. The molecule has 0 atom stereocenters. The Labute approximate surface area is 171 Å². The van der Waals surface area contributed by atoms with Gasteiger partial charge in [0.1, 0.15) is 5.75 Å². The third-order valence-electron chi connectivity index (χ3n) is 6.75. The van der Waals surface area contributed by atoms with Gasteiger partial charge in [-0.3, -0.25) is 0 Å². The van der Waals surface area contributed by atoms with Gasteiger partial charge >= 0.3 is 6.36 Å². The van der Waals surface area contributed by atoms with Crippen molar-refractivity contribution >= 4 is 0 Å². The van der Waals surface area contributed by atoms with Gasteiger partial charge in [-0.2, -0.15) is 5.26 Å². The number of ether oxygens (including phenoxy) is 1. The molecule has 0 aromatic heterocycles. The summed E-state index contributed by atoms with van der Waals surface area (Å²) in [5.41, 5.74) is 1.13. The lowest BCUT2D eigenvalue weighted by atomic mass is 9.74. The molecule has 29 heavy (non-hydrogen) atoms. The van der Waals surface area contributed by atoms with Crippen molar-refractivity contribution in [3.63, 3.8) is 0 Å². The van der Waals surface area contributed by atoms with E-state index in [0.29, 0.717) is 11.8 Å². The Hall–Kier alpha value is -1.96. The van der Waals surface area contributed by atoms with E-state index in [2.05, 4.69) is 16.9 Å². The Balaban J connectivity index is 1.37. The molecule has 0 radical (unpaired) electrons. The van der Waals surface area contributed by atoms with Gasteiger partial charge in [-0.05, 0) is 92.7 Å². The fourth-order valence-corrected chi connectivity index (χ4v) is 5.05. The van der Waals surface area contributed by atoms with Crippen LogP contribution in [0.1, 0.15) is 75.7 Å². The predicted molar refractivity (Wildman–Crippen MR) is 107 cm³/mol. The first-order chi connectivity index (χ1) is 13.9. The summed E-state index contributed by atoms with van der Waals surface area (Å²) < 4.78 is 40.8. The first kappa shape index (κ1) is 21.7. The third-order valence-corrected chi connectivity index (χ3v) is 6.75. The van der Waals surface area contributed by atoms with E-state index in [1.807, 2.05) is 0 Å². The molecule has 2 nitrogen and oxygen atoms in total. The molecule has 0 unspecified atom stereocenters. The molecule has 0 bridgehead atoms. The van der Waals surface area contributed by atoms with Gasteiger partial charge in [-0.25, -0.2) is 0 Å². The smallest absolute Gasteiger partial charge is 0.406 e. The second-order valence-electron chi connectivity index (χ2n) is 8.68. The van der Waals surface area contributed by atoms with Crippen LogP contribution in [0.3, 0.4) is 0 Å². The van der Waals surface area contributed by atoms with Gasteiger partial charge < -0.3 is 4.74 Å². The summed E-state index contributed by atoms with van der Waals surface area (Å²) >= 11 is 0. The minimum absolute atomic E-state index is 0.146. The number of allylic oxidation sites excluding steroid dienone is 2. The number of halogens is 3. The van der Waals surface area contributed by atoms with E-state index in [1.165, 1.54) is 63.5 Å². The van der Waals surface area contributed by atoms with E-state index in [-0.39, 0.29) is 5.75 Å². The van der Waals surface area contributed by atoms with E-state index in [1.54, 1.807) is 18.2 Å². The van der Waals surface area contributed by atoms with Crippen molar-refractivity contribution in [1.29, 1.82) is 5.26 Å². The highest BCUT2D eigenvalue weighted by Crippen LogP contribution is 2.40. The number of alkyl halides is 3. The van der Waals surface area contributed by atoms with Gasteiger partial charge in [0.2, 0.25) is 0 Å². The highest BCUT2D eigenvalue weighted by molar-refractivity contribution is 5.29. The number of benzene rings is 1. The molecule has 158 valence electrons. The van der Waals surface area contributed by atoms with Gasteiger partial charge in [0, 0.05) is 6.08 Å². The Bertz CT molecular complexity index is 688. The largest absolute Gasteiger partial charge is 0.573 e. The van der Waals surface area contributed by atoms with Crippen LogP contribution in [0, 0.1) is 29.1 Å². The average molecular weight is 406 g/mol. The van der Waals surface area contributed by atoms with Crippen LogP contribution in [0.25, 0.3) is 0 Å². The molecule has 2 aliphatic carbocycles. The SMILES string of the molecule is N#CC=CC1CCC(CCC2CCC(c3ccc(OC(F)(F)F)cc3)CC2)CC1. The van der Waals surface area contributed by atoms with Crippen molar-refractivity contribution in [2.75, 3.05) is 0 Å². The quantitative estimate of drug-likeness (QED) is 0.458. The zero-order chi connectivity index (χ0) is 20.7. The molecule has 0 amide bonds. The Kier molecular flexibility index (Phi) is 7.64. The zero-order valence-corrected chi connectivity index (χ0v) is 16.8. The maximum atomic E-state index is 12.3. The Morgan fingerprint density at radius 1 is 0.897 bits per heavy atom. The van der Waals surface area contributed by atoms with E-state index in [4.69, 9.17) is 5.26 Å². The number of nitrogens with zero attached hydrogens (tertiary/aromatic N) is 1. The van der Waals surface area contributed by atoms with Crippen molar-refractivity contribution in [3.05, 3.63) is 42.0 Å². The maximum absolute atomic E-state index is 12.3. The van der Waals surface area contributed by atoms with Gasteiger partial charge in [0.05, 0.1) is 6.07 Å². The van der Waals surface area contributed by atoms with E-state index < -0.39 is 6.36 Å². The predicted octanol–water partition coefficient (Wildman–Crippen LogP) is 7.53. The maximum Gasteiger partial charge on any atom is 0.573 e. The summed E-state index contributed by atoms with van der Waals surface area (Å²) in [7, 11) is 0. The number of hydrogen-bond donors (Lipinski definition) is 0. The van der Waals surface area contributed by atoms with Crippen molar-refractivity contribution in [1.82, 2.24) is 0 Å². The van der Waals surface area contributed by atoms with Gasteiger partial charge in [-0.15, -0.1) is 13.2 Å². The van der Waals surface area contributed by atoms with Crippen LogP contribution in [-0.2, 0) is 0 Å². The molecule has 0 saturated heterocycles. The Morgan fingerprint density at radius 2 is 1.45 bits per heavy atom. The second-order valence-corrected chi connectivity index (χ2v) is 8.68. The second kappa shape index (κ2) is 10.2. The van der Waals surface area contributed by atoms with Crippen LogP contribution in [-0.4, -0.2) is 6.36 Å². The lowest BCUT2D eigenvalue weighted by molar-refractivity contribution is -0.274. The molecule has 3 rings (SSSR count). The van der Waals surface area contributed by atoms with Crippen LogP contribution in [0.2, 0.25) is 0 Å². The monoisotopic (exact) mass is 405 g/mol. The van der Waals surface area contributed by atoms with Gasteiger partial charge in [-0.1, -0.05) is 31.1 Å². The molecular formula is C24H30F3NO. The van der Waals surface area contributed by atoms with E-state index in [9.17, 15) is 13.2 Å². The van der Waals surface area contributed by atoms with Crippen LogP contribution in [0.5, 0.6) is 5.75 Å². The van der Waals surface area contributed by atoms with Crippen molar-refractivity contribution < 1.29 is 17.9 Å². The molecule has 1 aromatic rings. The van der Waals surface area contributed by atoms with Crippen LogP contribution in [0.4, 0.5) is 13.2 Å². The first-order valence-corrected chi connectivity index (χ1v) is 10.8. The lowest BCUT2D eigenvalue weighted by Gasteiger charge is -2.31. The first-order valence-electron chi connectivity index (χ1n) is 10.8. The summed E-state index contributed by atoms with van der Waals surface area (Å²) in [5, 5.41) is 8.64. The zero-order valence-electron chi connectivity index (χ0n) is 16.8. The molecule has 5 heteroatoms. The summed E-state index contributed by atoms with van der Waals surface area (Å²) in [5.74, 6) is 2.52. The molecule has 0 heterocycles. The minimum atomic E-state index is -4.63. The molecule has 2 saturated carbocycles. The third kappa shape index (κ3) is 7.10. The number of hydrogen-bond acceptors (Lipinski definition) is 2. The summed E-state index contributed by atoms with van der Waals surface area (Å²) in [6.07, 6.45) is 11.3. The van der Waals surface area contributed by atoms with Gasteiger partial charge in [0.15, 0.2) is 0 Å². The van der Waals surface area contributed by atoms with Crippen molar-refractivity contribution in [3.8, 4) is 11.8 Å². The fraction of sp³-hybridized carbons (Fsp3) is 0.625. The van der Waals surface area contributed by atoms with E-state index in [0.717, 1.165) is 30.2 Å². The normalized spacial score (nSPS) is 28.2. The molecule has 2 fully saturated rings. The minimum Gasteiger partial charge on any atom is -0.406 e. The van der Waals surface area contributed by atoms with Crippen molar-refractivity contribution in [2.24, 2.45) is 17.8 Å². The van der Waals surface area contributed by atoms with E-state index >= 15 is 0 Å². The van der Waals surface area contributed by atoms with Crippen LogP contribution in [0.15, 0.2) is 36.4 Å². The lowest BCUT2D eigenvalue weighted by Crippen LogP contribution is -2.18. The number of nitriles is 1. The molecular weight excluding hydrogens is 375 g/mol. The molecule has 0 N–H and O–H groups in total. The average Bonchev–Trinajstić information content (AvgIpc) is 2.71. The highest BCUT2D eigenvalue weighted by atomic mass is 19.4. The van der Waals surface area contributed by atoms with Crippen LogP contribution >= 0.6 is 0 Å². The summed E-state index contributed by atoms with van der Waals surface area (Å²) in [6, 6.07) is 8.51. The molecule has 0 aliphatic heterocycles. The van der Waals surface area contributed by atoms with Crippen LogP contribution < -0.4 is 4.74 Å². The standard InChI is InChI=1S/C24H30F3NO/c25-24(26,27)29-23-15-13-22(14-16-23)21-11-9-20(10-12-21)8-7-19-5-3-18(4-6-19)2-1-17-28/h1-2,13-16,18-21H,3-12H2. The molecule has 1 aromatic carbocycles. The highest BCUT2D eigenvalue weighted by Gasteiger charge is 2.31. The van der Waals surface area contributed by atoms with Crippen molar-refractivity contribution in [2.45, 2.75) is 76.5 Å². The number of rotatable bonds is 6. The Morgan fingerprint density at radius 3 is 1.97 bits per heavy atom. The molecule has 2 aliphatic rings. The fourth-order valence-electron chi connectivity index (χ4n) is 5.05.